The molecule has 1 N–H and O–H groups in total. The maximum Gasteiger partial charge on any atom is 0.188 e. The molecular weight excluding hydrogens is 414 g/mol. The molecule has 0 unspecified atom stereocenters. The van der Waals surface area contributed by atoms with E-state index in [4.69, 9.17) is 0 Å². The number of fused-ring (bicyclic) bond motifs is 1. The minimum absolute atomic E-state index is 0.177. The van der Waals surface area contributed by atoms with Crippen molar-refractivity contribution in [2.24, 2.45) is 0 Å². The Labute approximate surface area is 134 Å². The normalized spacial score (nSPS) is 11.0. The highest BCUT2D eigenvalue weighted by molar-refractivity contribution is 9.10. The topological polar surface area (TPSA) is 24.9 Å². The van der Waals surface area contributed by atoms with E-state index in [0.717, 1.165) is 20.8 Å². The Hall–Kier alpha value is -1.05. The van der Waals surface area contributed by atoms with Gasteiger partial charge in [0.25, 0.3) is 0 Å². The lowest BCUT2D eigenvalue weighted by atomic mass is 10.3. The van der Waals surface area contributed by atoms with Gasteiger partial charge in [-0.15, -0.1) is 0 Å². The fourth-order valence-electron chi connectivity index (χ4n) is 1.69. The molecule has 2 aromatic carbocycles. The second kappa shape index (κ2) is 5.38. The second-order valence-corrected chi connectivity index (χ2v) is 6.80. The van der Waals surface area contributed by atoms with Crippen molar-refractivity contribution >= 4 is 64.2 Å². The maximum atomic E-state index is 13.7. The monoisotopic (exact) mass is 418 g/mol. The van der Waals surface area contributed by atoms with Crippen LogP contribution in [-0.2, 0) is 0 Å². The Bertz CT molecular complexity index is 804. The fraction of sp³-hybridized carbons (Fsp3) is 0. The molecule has 0 aliphatic rings. The first-order valence-electron chi connectivity index (χ1n) is 5.50. The van der Waals surface area contributed by atoms with Gasteiger partial charge in [-0.3, -0.25) is 0 Å². The van der Waals surface area contributed by atoms with Gasteiger partial charge in [0.15, 0.2) is 5.13 Å². The third-order valence-corrected chi connectivity index (χ3v) is 4.64. The van der Waals surface area contributed by atoms with E-state index in [9.17, 15) is 8.78 Å². The first-order chi connectivity index (χ1) is 9.52. The van der Waals surface area contributed by atoms with Crippen molar-refractivity contribution in [2.75, 3.05) is 5.32 Å². The van der Waals surface area contributed by atoms with Gasteiger partial charge in [0.05, 0.1) is 20.4 Å². The molecule has 20 heavy (non-hydrogen) atoms. The van der Waals surface area contributed by atoms with Gasteiger partial charge in [0, 0.05) is 10.5 Å². The van der Waals surface area contributed by atoms with Crippen LogP contribution in [0.4, 0.5) is 19.6 Å². The van der Waals surface area contributed by atoms with Crippen molar-refractivity contribution < 1.29 is 8.78 Å². The van der Waals surface area contributed by atoms with Gasteiger partial charge in [-0.1, -0.05) is 27.3 Å². The molecule has 0 saturated carbocycles. The van der Waals surface area contributed by atoms with E-state index in [-0.39, 0.29) is 10.2 Å². The predicted octanol–water partition coefficient (Wildman–Crippen LogP) is 5.84. The summed E-state index contributed by atoms with van der Waals surface area (Å²) < 4.78 is 29.0. The van der Waals surface area contributed by atoms with Crippen LogP contribution >= 0.6 is 43.2 Å². The summed E-state index contributed by atoms with van der Waals surface area (Å²) in [6, 6.07) is 7.89. The Balaban J connectivity index is 1.99. The molecule has 0 aliphatic heterocycles. The van der Waals surface area contributed by atoms with Crippen LogP contribution < -0.4 is 5.32 Å². The Kier molecular flexibility index (Phi) is 3.74. The lowest BCUT2D eigenvalue weighted by Crippen LogP contribution is -1.94. The van der Waals surface area contributed by atoms with E-state index in [0.29, 0.717) is 5.13 Å². The van der Waals surface area contributed by atoms with Gasteiger partial charge in [0.2, 0.25) is 0 Å². The quantitative estimate of drug-likeness (QED) is 0.527. The lowest BCUT2D eigenvalue weighted by molar-refractivity contribution is 0.581. The molecule has 3 aromatic rings. The first-order valence-corrected chi connectivity index (χ1v) is 7.91. The van der Waals surface area contributed by atoms with Crippen molar-refractivity contribution in [1.82, 2.24) is 4.98 Å². The third-order valence-electron chi connectivity index (χ3n) is 2.60. The lowest BCUT2D eigenvalue weighted by Gasteiger charge is -2.05. The van der Waals surface area contributed by atoms with Crippen LogP contribution in [0, 0.1) is 11.6 Å². The van der Waals surface area contributed by atoms with Crippen LogP contribution in [0.25, 0.3) is 10.2 Å². The molecule has 0 amide bonds. The number of benzene rings is 2. The average Bonchev–Trinajstić information content (AvgIpc) is 2.77. The summed E-state index contributed by atoms with van der Waals surface area (Å²) >= 11 is 7.82. The Morgan fingerprint density at radius 1 is 1.05 bits per heavy atom. The van der Waals surface area contributed by atoms with E-state index in [1.165, 1.54) is 17.4 Å². The van der Waals surface area contributed by atoms with Gasteiger partial charge in [0.1, 0.15) is 11.6 Å². The highest BCUT2D eigenvalue weighted by Crippen LogP contribution is 2.32. The zero-order valence-electron chi connectivity index (χ0n) is 9.75. The summed E-state index contributed by atoms with van der Waals surface area (Å²) in [7, 11) is 0. The minimum atomic E-state index is -0.661. The van der Waals surface area contributed by atoms with Crippen molar-refractivity contribution in [3.05, 3.63) is 50.9 Å². The number of halogens is 4. The zero-order valence-corrected chi connectivity index (χ0v) is 13.7. The smallest absolute Gasteiger partial charge is 0.188 e. The van der Waals surface area contributed by atoms with Crippen LogP contribution in [0.15, 0.2) is 39.3 Å². The molecule has 3 rings (SSSR count). The minimum Gasteiger partial charge on any atom is -0.329 e. The van der Waals surface area contributed by atoms with Gasteiger partial charge in [-0.05, 0) is 40.2 Å². The molecule has 0 aliphatic carbocycles. The number of rotatable bonds is 2. The Morgan fingerprint density at radius 2 is 1.85 bits per heavy atom. The fourth-order valence-corrected chi connectivity index (χ4v) is 3.46. The molecule has 0 atom stereocenters. The molecule has 7 heteroatoms. The molecule has 102 valence electrons. The largest absolute Gasteiger partial charge is 0.329 e. The van der Waals surface area contributed by atoms with E-state index in [1.807, 2.05) is 18.2 Å². The number of nitrogens with one attached hydrogen (secondary N) is 1. The SMILES string of the molecule is Fc1cc(F)c(Nc2nc3ccc(Br)cc3s2)cc1Br. The van der Waals surface area contributed by atoms with Crippen molar-refractivity contribution in [2.45, 2.75) is 0 Å². The van der Waals surface area contributed by atoms with Gasteiger partial charge >= 0.3 is 0 Å². The molecule has 0 fully saturated rings. The van der Waals surface area contributed by atoms with Crippen LogP contribution in [0.3, 0.4) is 0 Å². The van der Waals surface area contributed by atoms with E-state index >= 15 is 0 Å². The summed E-state index contributed by atoms with van der Waals surface area (Å²) in [5.41, 5.74) is 0.999. The van der Waals surface area contributed by atoms with Crippen molar-refractivity contribution in [3.63, 3.8) is 0 Å². The van der Waals surface area contributed by atoms with Gasteiger partial charge in [-0.25, -0.2) is 13.8 Å². The molecular formula is C13H6Br2F2N2S. The van der Waals surface area contributed by atoms with Crippen molar-refractivity contribution in [1.29, 1.82) is 0 Å². The summed E-state index contributed by atoms with van der Waals surface area (Å²) in [6.45, 7) is 0. The number of thiazole rings is 1. The second-order valence-electron chi connectivity index (χ2n) is 4.00. The van der Waals surface area contributed by atoms with Crippen LogP contribution in [-0.4, -0.2) is 4.98 Å². The highest BCUT2D eigenvalue weighted by atomic mass is 79.9. The zero-order chi connectivity index (χ0) is 14.3. The number of hydrogen-bond donors (Lipinski definition) is 1. The summed E-state index contributed by atoms with van der Waals surface area (Å²) in [5.74, 6) is -1.30. The predicted molar refractivity (Wildman–Crippen MR) is 84.7 cm³/mol. The molecule has 0 saturated heterocycles. The summed E-state index contributed by atoms with van der Waals surface area (Å²) in [6.07, 6.45) is 0. The molecule has 0 radical (unpaired) electrons. The molecule has 1 heterocycles. The van der Waals surface area contributed by atoms with E-state index in [2.05, 4.69) is 42.2 Å². The van der Waals surface area contributed by atoms with Crippen LogP contribution in [0.2, 0.25) is 0 Å². The Morgan fingerprint density at radius 3 is 2.65 bits per heavy atom. The standard InChI is InChI=1S/C13H6Br2F2N2S/c14-6-1-2-10-12(3-6)20-13(18-10)19-11-4-7(15)8(16)5-9(11)17/h1-5H,(H,18,19). The average molecular weight is 420 g/mol. The van der Waals surface area contributed by atoms with E-state index < -0.39 is 11.6 Å². The summed E-state index contributed by atoms with van der Waals surface area (Å²) in [4.78, 5) is 4.35. The highest BCUT2D eigenvalue weighted by Gasteiger charge is 2.11. The van der Waals surface area contributed by atoms with Crippen molar-refractivity contribution in [3.8, 4) is 0 Å². The number of aromatic nitrogens is 1. The van der Waals surface area contributed by atoms with Crippen LogP contribution in [0.5, 0.6) is 0 Å². The first kappa shape index (κ1) is 13.9. The number of anilines is 2. The van der Waals surface area contributed by atoms with E-state index in [1.54, 1.807) is 0 Å². The van der Waals surface area contributed by atoms with Gasteiger partial charge in [-0.2, -0.15) is 0 Å². The molecule has 1 aromatic heterocycles. The molecule has 2 nitrogen and oxygen atoms in total. The van der Waals surface area contributed by atoms with Gasteiger partial charge < -0.3 is 5.32 Å². The molecule has 0 spiro atoms. The maximum absolute atomic E-state index is 13.7. The van der Waals surface area contributed by atoms with Crippen LogP contribution in [0.1, 0.15) is 0 Å². The molecule has 0 bridgehead atoms. The number of hydrogen-bond acceptors (Lipinski definition) is 3. The third kappa shape index (κ3) is 2.70. The summed E-state index contributed by atoms with van der Waals surface area (Å²) in [5, 5.41) is 3.42. The number of nitrogens with zero attached hydrogens (tertiary/aromatic N) is 1.